The maximum Gasteiger partial charge on any atom is 0.138 e. The highest BCUT2D eigenvalue weighted by Gasteiger charge is 2.16. The molecule has 4 aromatic rings. The number of ether oxygens (including phenoxy) is 1. The molecule has 2 aromatic heterocycles. The Kier molecular flexibility index (Phi) is 3.58. The fourth-order valence-electron chi connectivity index (χ4n) is 3.13. The molecule has 2 aromatic carbocycles. The van der Waals surface area contributed by atoms with Crippen molar-refractivity contribution in [3.63, 3.8) is 0 Å². The zero-order valence-electron chi connectivity index (χ0n) is 14.1. The molecule has 24 heavy (non-hydrogen) atoms. The largest absolute Gasteiger partial charge is 0.363 e. The third-order valence-electron chi connectivity index (χ3n) is 4.53. The van der Waals surface area contributed by atoms with Crippen molar-refractivity contribution in [3.05, 3.63) is 60.2 Å². The Morgan fingerprint density at radius 1 is 0.875 bits per heavy atom. The van der Waals surface area contributed by atoms with Crippen LogP contribution in [0.25, 0.3) is 22.1 Å². The van der Waals surface area contributed by atoms with E-state index in [-0.39, 0.29) is 6.10 Å². The summed E-state index contributed by atoms with van der Waals surface area (Å²) in [5.74, 6) is 1.84. The van der Waals surface area contributed by atoms with Gasteiger partial charge in [0, 0.05) is 14.1 Å². The maximum absolute atomic E-state index is 6.07. The molecule has 0 aliphatic carbocycles. The number of fused-ring (bicyclic) bond motifs is 2. The highest BCUT2D eigenvalue weighted by molar-refractivity contribution is 5.76. The van der Waals surface area contributed by atoms with E-state index >= 15 is 0 Å². The van der Waals surface area contributed by atoms with Gasteiger partial charge in [-0.05, 0) is 31.2 Å². The molecule has 0 fully saturated rings. The lowest BCUT2D eigenvalue weighted by molar-refractivity contribution is 0.0403. The topological polar surface area (TPSA) is 44.9 Å². The first-order chi connectivity index (χ1) is 11.6. The predicted octanol–water partition coefficient (Wildman–Crippen LogP) is 3.74. The number of para-hydroxylation sites is 4. The minimum absolute atomic E-state index is 0.109. The van der Waals surface area contributed by atoms with Crippen molar-refractivity contribution in [1.82, 2.24) is 19.1 Å². The Labute approximate surface area is 140 Å². The fourth-order valence-corrected chi connectivity index (χ4v) is 3.13. The van der Waals surface area contributed by atoms with Gasteiger partial charge >= 0.3 is 0 Å². The van der Waals surface area contributed by atoms with Gasteiger partial charge in [0.1, 0.15) is 24.4 Å². The van der Waals surface area contributed by atoms with Crippen LogP contribution in [0.1, 0.15) is 24.7 Å². The summed E-state index contributed by atoms with van der Waals surface area (Å²) in [5, 5.41) is 0. The summed E-state index contributed by atoms with van der Waals surface area (Å²) in [4.78, 5) is 9.35. The molecule has 0 bridgehead atoms. The van der Waals surface area contributed by atoms with Crippen molar-refractivity contribution < 1.29 is 4.74 Å². The predicted molar refractivity (Wildman–Crippen MR) is 94.6 cm³/mol. The lowest BCUT2D eigenvalue weighted by Gasteiger charge is -2.13. The second-order valence-electron chi connectivity index (χ2n) is 6.05. The zero-order valence-corrected chi connectivity index (χ0v) is 14.1. The molecule has 2 heterocycles. The maximum atomic E-state index is 6.07. The van der Waals surface area contributed by atoms with Gasteiger partial charge in [0.05, 0.1) is 22.1 Å². The molecule has 0 spiro atoms. The third-order valence-corrected chi connectivity index (χ3v) is 4.53. The first-order valence-electron chi connectivity index (χ1n) is 8.08. The van der Waals surface area contributed by atoms with Crippen molar-refractivity contribution in [2.45, 2.75) is 19.6 Å². The van der Waals surface area contributed by atoms with Crippen molar-refractivity contribution in [1.29, 1.82) is 0 Å². The highest BCUT2D eigenvalue weighted by atomic mass is 16.5. The second-order valence-corrected chi connectivity index (χ2v) is 6.05. The van der Waals surface area contributed by atoms with Gasteiger partial charge in [0.15, 0.2) is 0 Å². The molecule has 0 aliphatic rings. The third kappa shape index (κ3) is 2.37. The van der Waals surface area contributed by atoms with Gasteiger partial charge in [-0.25, -0.2) is 9.97 Å². The van der Waals surface area contributed by atoms with E-state index < -0.39 is 0 Å². The van der Waals surface area contributed by atoms with Crippen molar-refractivity contribution in [2.75, 3.05) is 0 Å². The standard InChI is InChI=1S/C19H20N4O/c1-13(19-21-15-9-5-7-11-17(15)23(19)3)24-12-18-20-14-8-4-6-10-16(14)22(18)2/h4-11,13H,12H2,1-3H3. The first kappa shape index (κ1) is 14.9. The van der Waals surface area contributed by atoms with Gasteiger partial charge < -0.3 is 13.9 Å². The first-order valence-corrected chi connectivity index (χ1v) is 8.08. The smallest absolute Gasteiger partial charge is 0.138 e. The number of aromatic nitrogens is 4. The Morgan fingerprint density at radius 2 is 1.46 bits per heavy atom. The van der Waals surface area contributed by atoms with E-state index in [1.165, 1.54) is 0 Å². The van der Waals surface area contributed by atoms with Crippen LogP contribution in [0.2, 0.25) is 0 Å². The monoisotopic (exact) mass is 320 g/mol. The van der Waals surface area contributed by atoms with E-state index in [9.17, 15) is 0 Å². The van der Waals surface area contributed by atoms with Crippen molar-refractivity contribution >= 4 is 22.1 Å². The summed E-state index contributed by atoms with van der Waals surface area (Å²) < 4.78 is 10.2. The van der Waals surface area contributed by atoms with E-state index in [1.807, 2.05) is 57.4 Å². The molecule has 1 unspecified atom stereocenters. The molecule has 122 valence electrons. The Balaban J connectivity index is 1.58. The van der Waals surface area contributed by atoms with Crippen LogP contribution in [-0.4, -0.2) is 19.1 Å². The quantitative estimate of drug-likeness (QED) is 0.575. The second kappa shape index (κ2) is 5.76. The molecule has 0 N–H and O–H groups in total. The molecule has 0 amide bonds. The molecule has 5 nitrogen and oxygen atoms in total. The van der Waals surface area contributed by atoms with Crippen LogP contribution < -0.4 is 0 Å². The summed E-state index contributed by atoms with van der Waals surface area (Å²) in [6.45, 7) is 2.49. The molecular formula is C19H20N4O. The van der Waals surface area contributed by atoms with Gasteiger partial charge in [-0.2, -0.15) is 0 Å². The molecular weight excluding hydrogens is 300 g/mol. The molecule has 0 radical (unpaired) electrons. The van der Waals surface area contributed by atoms with Gasteiger partial charge in [0.25, 0.3) is 0 Å². The summed E-state index contributed by atoms with van der Waals surface area (Å²) in [6.07, 6.45) is -0.109. The van der Waals surface area contributed by atoms with Gasteiger partial charge in [0.2, 0.25) is 0 Å². The van der Waals surface area contributed by atoms with Gasteiger partial charge in [-0.3, -0.25) is 0 Å². The Bertz CT molecular complexity index is 1010. The molecule has 4 rings (SSSR count). The molecule has 5 heteroatoms. The van der Waals surface area contributed by atoms with Crippen molar-refractivity contribution in [2.24, 2.45) is 14.1 Å². The lowest BCUT2D eigenvalue weighted by Crippen LogP contribution is -2.09. The van der Waals surface area contributed by atoms with Crippen LogP contribution in [-0.2, 0) is 25.4 Å². The molecule has 1 atom stereocenters. The normalized spacial score (nSPS) is 13.0. The van der Waals surface area contributed by atoms with E-state index in [0.29, 0.717) is 6.61 Å². The number of imidazole rings is 2. The summed E-state index contributed by atoms with van der Waals surface area (Å²) >= 11 is 0. The summed E-state index contributed by atoms with van der Waals surface area (Å²) in [5.41, 5.74) is 4.22. The van der Waals surface area contributed by atoms with Gasteiger partial charge in [-0.1, -0.05) is 24.3 Å². The summed E-state index contributed by atoms with van der Waals surface area (Å²) in [7, 11) is 4.05. The van der Waals surface area contributed by atoms with Gasteiger partial charge in [-0.15, -0.1) is 0 Å². The Morgan fingerprint density at radius 3 is 2.08 bits per heavy atom. The van der Waals surface area contributed by atoms with E-state index in [1.54, 1.807) is 0 Å². The SMILES string of the molecule is CC(OCc1nc2ccccc2n1C)c1nc2ccccc2n1C. The lowest BCUT2D eigenvalue weighted by atomic mass is 10.3. The average Bonchev–Trinajstić information content (AvgIpc) is 3.11. The highest BCUT2D eigenvalue weighted by Crippen LogP contribution is 2.23. The van der Waals surface area contributed by atoms with E-state index in [2.05, 4.69) is 26.3 Å². The van der Waals surface area contributed by atoms with E-state index in [4.69, 9.17) is 9.72 Å². The molecule has 0 aliphatic heterocycles. The van der Waals surface area contributed by atoms with Crippen LogP contribution in [0.15, 0.2) is 48.5 Å². The van der Waals surface area contributed by atoms with E-state index in [0.717, 1.165) is 33.7 Å². The Hall–Kier alpha value is -2.66. The van der Waals surface area contributed by atoms with Crippen LogP contribution >= 0.6 is 0 Å². The zero-order chi connectivity index (χ0) is 16.7. The van der Waals surface area contributed by atoms with Crippen LogP contribution in [0.3, 0.4) is 0 Å². The number of benzene rings is 2. The average molecular weight is 320 g/mol. The van der Waals surface area contributed by atoms with Crippen LogP contribution in [0, 0.1) is 0 Å². The van der Waals surface area contributed by atoms with Crippen molar-refractivity contribution in [3.8, 4) is 0 Å². The number of aryl methyl sites for hydroxylation is 2. The van der Waals surface area contributed by atoms with Crippen LogP contribution in [0.5, 0.6) is 0 Å². The number of hydrogen-bond acceptors (Lipinski definition) is 3. The summed E-state index contributed by atoms with van der Waals surface area (Å²) in [6, 6.07) is 16.2. The number of rotatable bonds is 4. The molecule has 0 saturated carbocycles. The number of hydrogen-bond donors (Lipinski definition) is 0. The van der Waals surface area contributed by atoms with Crippen LogP contribution in [0.4, 0.5) is 0 Å². The number of nitrogens with zero attached hydrogens (tertiary/aromatic N) is 4. The fraction of sp³-hybridized carbons (Fsp3) is 0.263. The minimum Gasteiger partial charge on any atom is -0.363 e. The minimum atomic E-state index is -0.109. The molecule has 0 saturated heterocycles.